The molecule has 2 aliphatic rings. The summed E-state index contributed by atoms with van der Waals surface area (Å²) >= 11 is 0. The van der Waals surface area contributed by atoms with Gasteiger partial charge in [-0.1, -0.05) is 58.9 Å². The first-order valence-electron chi connectivity index (χ1n) is 8.95. The van der Waals surface area contributed by atoms with Crippen molar-refractivity contribution in [3.05, 3.63) is 24.3 Å². The van der Waals surface area contributed by atoms with Crippen LogP contribution in [-0.4, -0.2) is 17.1 Å². The van der Waals surface area contributed by atoms with Gasteiger partial charge in [-0.3, -0.25) is 4.79 Å². The van der Waals surface area contributed by atoms with Crippen molar-refractivity contribution in [2.75, 3.05) is 0 Å². The fourth-order valence-electron chi connectivity index (χ4n) is 4.46. The molecule has 3 N–H and O–H groups in total. The number of primary amides is 1. The Morgan fingerprint density at radius 2 is 1.96 bits per heavy atom. The van der Waals surface area contributed by atoms with Gasteiger partial charge >= 0.3 is 0 Å². The van der Waals surface area contributed by atoms with E-state index in [-0.39, 0.29) is 12.3 Å². The van der Waals surface area contributed by atoms with Gasteiger partial charge in [0.2, 0.25) is 6.41 Å². The average molecular weight is 322 g/mol. The third-order valence-corrected chi connectivity index (χ3v) is 5.75. The van der Waals surface area contributed by atoms with Crippen molar-refractivity contribution >= 4 is 6.41 Å². The monoisotopic (exact) mass is 321 g/mol. The molecule has 3 nitrogen and oxygen atoms in total. The van der Waals surface area contributed by atoms with Crippen LogP contribution in [0.3, 0.4) is 0 Å². The standard InChI is InChI=1S/C19H32O.CH3NO/c1-6-15-9-7-8-11-19(15,20)17-13-18(4,5)12-10-16(17)14(2)3;2-1-3/h7-9,11,14-17,20H,6,10,12-13H2,1-5H3;1H,(H2,2,3)/t15-,16?,17?,19?;/m0./s1. The van der Waals surface area contributed by atoms with Crippen molar-refractivity contribution in [2.45, 2.75) is 65.9 Å². The van der Waals surface area contributed by atoms with Crippen LogP contribution in [0.1, 0.15) is 60.3 Å². The summed E-state index contributed by atoms with van der Waals surface area (Å²) < 4.78 is 0. The molecule has 1 amide bonds. The Morgan fingerprint density at radius 3 is 2.48 bits per heavy atom. The van der Waals surface area contributed by atoms with Crippen molar-refractivity contribution < 1.29 is 9.90 Å². The van der Waals surface area contributed by atoms with Gasteiger partial charge in [0.15, 0.2) is 0 Å². The quantitative estimate of drug-likeness (QED) is 0.770. The summed E-state index contributed by atoms with van der Waals surface area (Å²) in [5.41, 5.74) is 3.88. The lowest BCUT2D eigenvalue weighted by molar-refractivity contribution is -0.106. The molecule has 4 atom stereocenters. The van der Waals surface area contributed by atoms with E-state index >= 15 is 0 Å². The van der Waals surface area contributed by atoms with E-state index in [9.17, 15) is 5.11 Å². The van der Waals surface area contributed by atoms with Gasteiger partial charge in [-0.15, -0.1) is 0 Å². The molecule has 3 heteroatoms. The molecule has 1 fully saturated rings. The van der Waals surface area contributed by atoms with E-state index in [1.54, 1.807) is 0 Å². The zero-order chi connectivity index (χ0) is 17.7. The summed E-state index contributed by atoms with van der Waals surface area (Å²) in [5.74, 6) is 1.94. The molecule has 3 unspecified atom stereocenters. The highest BCUT2D eigenvalue weighted by molar-refractivity contribution is 5.42. The fourth-order valence-corrected chi connectivity index (χ4v) is 4.46. The largest absolute Gasteiger partial charge is 0.385 e. The van der Waals surface area contributed by atoms with Gasteiger partial charge in [-0.2, -0.15) is 0 Å². The van der Waals surface area contributed by atoms with Gasteiger partial charge in [0.1, 0.15) is 0 Å². The zero-order valence-electron chi connectivity index (χ0n) is 15.5. The smallest absolute Gasteiger partial charge is 0.204 e. The lowest BCUT2D eigenvalue weighted by Gasteiger charge is -2.51. The van der Waals surface area contributed by atoms with Crippen LogP contribution in [0, 0.1) is 29.1 Å². The average Bonchev–Trinajstić information content (AvgIpc) is 2.47. The third-order valence-electron chi connectivity index (χ3n) is 5.75. The van der Waals surface area contributed by atoms with Crippen LogP contribution in [-0.2, 0) is 4.79 Å². The maximum absolute atomic E-state index is 11.5. The number of rotatable bonds is 3. The molecule has 0 saturated heterocycles. The summed E-state index contributed by atoms with van der Waals surface area (Å²) in [6.45, 7) is 11.6. The van der Waals surface area contributed by atoms with Gasteiger partial charge in [0, 0.05) is 5.92 Å². The number of nitrogens with two attached hydrogens (primary N) is 1. The van der Waals surface area contributed by atoms with E-state index in [2.05, 4.69) is 58.6 Å². The normalized spacial score (nSPS) is 35.5. The molecule has 0 spiro atoms. The molecule has 0 aromatic carbocycles. The van der Waals surface area contributed by atoms with Gasteiger partial charge in [-0.25, -0.2) is 0 Å². The van der Waals surface area contributed by atoms with Gasteiger partial charge < -0.3 is 10.8 Å². The molecule has 0 aliphatic heterocycles. The topological polar surface area (TPSA) is 63.3 Å². The van der Waals surface area contributed by atoms with Crippen molar-refractivity contribution in [3.8, 4) is 0 Å². The van der Waals surface area contributed by atoms with Crippen molar-refractivity contribution in [1.82, 2.24) is 0 Å². The van der Waals surface area contributed by atoms with E-state index in [1.807, 2.05) is 6.08 Å². The lowest BCUT2D eigenvalue weighted by Crippen LogP contribution is -2.51. The lowest BCUT2D eigenvalue weighted by atomic mass is 9.56. The van der Waals surface area contributed by atoms with Crippen molar-refractivity contribution in [3.63, 3.8) is 0 Å². The van der Waals surface area contributed by atoms with Gasteiger partial charge in [0.25, 0.3) is 0 Å². The first kappa shape index (κ1) is 20.0. The van der Waals surface area contributed by atoms with Crippen LogP contribution < -0.4 is 5.73 Å². The molecule has 2 rings (SSSR count). The highest BCUT2D eigenvalue weighted by atomic mass is 16.3. The Labute approximate surface area is 142 Å². The maximum atomic E-state index is 11.5. The molecular weight excluding hydrogens is 286 g/mol. The van der Waals surface area contributed by atoms with Crippen LogP contribution in [0.25, 0.3) is 0 Å². The number of hydrogen-bond acceptors (Lipinski definition) is 2. The second kappa shape index (κ2) is 8.14. The minimum absolute atomic E-state index is 0.250. The summed E-state index contributed by atoms with van der Waals surface area (Å²) in [7, 11) is 0. The highest BCUT2D eigenvalue weighted by Crippen LogP contribution is 2.51. The molecule has 0 aromatic rings. The molecule has 0 heterocycles. The number of allylic oxidation sites excluding steroid dienone is 2. The Bertz CT molecular complexity index is 439. The molecule has 2 aliphatic carbocycles. The van der Waals surface area contributed by atoms with Gasteiger partial charge in [0.05, 0.1) is 5.60 Å². The second-order valence-corrected chi connectivity index (χ2v) is 8.20. The first-order valence-corrected chi connectivity index (χ1v) is 8.95. The van der Waals surface area contributed by atoms with E-state index in [0.29, 0.717) is 23.2 Å². The Kier molecular flexibility index (Phi) is 7.06. The third kappa shape index (κ3) is 4.69. The SMILES string of the molecule is CC[C@H]1C=CC=CC1(O)C1CC(C)(C)CCC1C(C)C.NC=O. The summed E-state index contributed by atoms with van der Waals surface area (Å²) in [5, 5.41) is 11.5. The van der Waals surface area contributed by atoms with Crippen LogP contribution in [0.2, 0.25) is 0 Å². The maximum Gasteiger partial charge on any atom is 0.204 e. The Morgan fingerprint density at radius 1 is 1.35 bits per heavy atom. The number of carbonyl (C=O) groups is 1. The summed E-state index contributed by atoms with van der Waals surface area (Å²) in [4.78, 5) is 8.58. The van der Waals surface area contributed by atoms with Crippen molar-refractivity contribution in [2.24, 2.45) is 34.8 Å². The van der Waals surface area contributed by atoms with Crippen LogP contribution >= 0.6 is 0 Å². The number of amides is 1. The Balaban J connectivity index is 0.000000816. The summed E-state index contributed by atoms with van der Waals surface area (Å²) in [6.07, 6.45) is 13.4. The number of carbonyl (C=O) groups excluding carboxylic acids is 1. The van der Waals surface area contributed by atoms with Crippen molar-refractivity contribution in [1.29, 1.82) is 0 Å². The fraction of sp³-hybridized carbons (Fsp3) is 0.750. The number of hydrogen-bond donors (Lipinski definition) is 2. The van der Waals surface area contributed by atoms with Gasteiger partial charge in [-0.05, 0) is 48.9 Å². The predicted octanol–water partition coefficient (Wildman–Crippen LogP) is 4.07. The predicted molar refractivity (Wildman–Crippen MR) is 96.7 cm³/mol. The van der Waals surface area contributed by atoms with Crippen LogP contribution in [0.4, 0.5) is 0 Å². The minimum Gasteiger partial charge on any atom is -0.385 e. The minimum atomic E-state index is -0.643. The highest BCUT2D eigenvalue weighted by Gasteiger charge is 2.49. The summed E-state index contributed by atoms with van der Waals surface area (Å²) in [6, 6.07) is 0. The molecule has 0 radical (unpaired) electrons. The molecule has 0 bridgehead atoms. The Hall–Kier alpha value is -1.09. The molecule has 1 saturated carbocycles. The molecule has 132 valence electrons. The van der Waals surface area contributed by atoms with E-state index < -0.39 is 5.60 Å². The second-order valence-electron chi connectivity index (χ2n) is 8.20. The number of aliphatic hydroxyl groups is 1. The first-order chi connectivity index (χ1) is 10.7. The molecular formula is C20H35NO2. The zero-order valence-corrected chi connectivity index (χ0v) is 15.5. The molecule has 0 aromatic heterocycles. The van der Waals surface area contributed by atoms with E-state index in [1.165, 1.54) is 12.8 Å². The van der Waals surface area contributed by atoms with Crippen LogP contribution in [0.5, 0.6) is 0 Å². The van der Waals surface area contributed by atoms with E-state index in [4.69, 9.17) is 4.79 Å². The molecule has 23 heavy (non-hydrogen) atoms. The van der Waals surface area contributed by atoms with Crippen LogP contribution in [0.15, 0.2) is 24.3 Å². The van der Waals surface area contributed by atoms with E-state index in [0.717, 1.165) is 12.8 Å².